The number of fused-ring (bicyclic) bond motifs is 1. The molecule has 1 aromatic carbocycles. The molecule has 0 fully saturated rings. The first-order valence-electron chi connectivity index (χ1n) is 7.67. The maximum Gasteiger partial charge on any atom is 0.172 e. The number of nitrogens with zero attached hydrogens (tertiary/aromatic N) is 4. The molecule has 0 saturated carbocycles. The van der Waals surface area contributed by atoms with Crippen LogP contribution in [-0.4, -0.2) is 14.0 Å². The number of rotatable bonds is 4. The summed E-state index contributed by atoms with van der Waals surface area (Å²) in [6.07, 6.45) is 7.67. The molecule has 4 rings (SSSR count). The van der Waals surface area contributed by atoms with E-state index in [4.69, 9.17) is 11.6 Å². The Hall–Kier alpha value is -2.68. The van der Waals surface area contributed by atoms with Crippen molar-refractivity contribution < 1.29 is 0 Å². The Balaban J connectivity index is 1.62. The number of halogens is 1. The van der Waals surface area contributed by atoms with Gasteiger partial charge in [0.05, 0.1) is 11.1 Å². The lowest BCUT2D eigenvalue weighted by Crippen LogP contribution is -1.95. The van der Waals surface area contributed by atoms with Gasteiger partial charge < -0.3 is 4.40 Å². The Morgan fingerprint density at radius 2 is 1.96 bits per heavy atom. The number of pyridine rings is 1. The van der Waals surface area contributed by atoms with E-state index >= 15 is 0 Å². The largest absolute Gasteiger partial charge is 0.322 e. The van der Waals surface area contributed by atoms with E-state index in [2.05, 4.69) is 11.1 Å². The third-order valence-corrected chi connectivity index (χ3v) is 5.21. The molecule has 0 amide bonds. The number of aromatic nitrogens is 3. The molecule has 0 atom stereocenters. The fourth-order valence-electron chi connectivity index (χ4n) is 2.75. The van der Waals surface area contributed by atoms with Gasteiger partial charge in [-0.3, -0.25) is 4.57 Å². The highest BCUT2D eigenvalue weighted by Gasteiger charge is 2.12. The van der Waals surface area contributed by atoms with Crippen LogP contribution in [-0.2, 0) is 5.75 Å². The van der Waals surface area contributed by atoms with Gasteiger partial charge in [0, 0.05) is 41.3 Å². The van der Waals surface area contributed by atoms with Crippen molar-refractivity contribution in [2.24, 2.45) is 0 Å². The molecule has 3 aromatic heterocycles. The first-order chi connectivity index (χ1) is 12.3. The summed E-state index contributed by atoms with van der Waals surface area (Å²) < 4.78 is 4.00. The van der Waals surface area contributed by atoms with Gasteiger partial charge in [0.1, 0.15) is 6.07 Å². The van der Waals surface area contributed by atoms with Gasteiger partial charge in [-0.05, 0) is 42.0 Å². The summed E-state index contributed by atoms with van der Waals surface area (Å²) in [5.74, 6) is 0.676. The molecule has 0 unspecified atom stereocenters. The highest BCUT2D eigenvalue weighted by Crippen LogP contribution is 2.28. The van der Waals surface area contributed by atoms with Crippen LogP contribution in [0.5, 0.6) is 0 Å². The van der Waals surface area contributed by atoms with Crippen LogP contribution in [0.4, 0.5) is 0 Å². The minimum atomic E-state index is 0.676. The molecular weight excluding hydrogens is 352 g/mol. The van der Waals surface area contributed by atoms with E-state index in [1.807, 2.05) is 70.0 Å². The Labute approximate surface area is 154 Å². The summed E-state index contributed by atoms with van der Waals surface area (Å²) in [5.41, 5.74) is 3.66. The van der Waals surface area contributed by atoms with Crippen LogP contribution in [0.3, 0.4) is 0 Å². The van der Waals surface area contributed by atoms with Crippen molar-refractivity contribution in [3.63, 3.8) is 0 Å². The van der Waals surface area contributed by atoms with Crippen molar-refractivity contribution >= 4 is 28.9 Å². The molecule has 0 aliphatic carbocycles. The topological polar surface area (TPSA) is 46.0 Å². The van der Waals surface area contributed by atoms with Crippen LogP contribution in [0.25, 0.3) is 11.2 Å². The van der Waals surface area contributed by atoms with Crippen LogP contribution in [0, 0.1) is 11.3 Å². The number of hydrogen-bond acceptors (Lipinski definition) is 3. The second-order valence-electron chi connectivity index (χ2n) is 5.48. The van der Waals surface area contributed by atoms with Gasteiger partial charge in [-0.25, -0.2) is 4.98 Å². The van der Waals surface area contributed by atoms with Crippen molar-refractivity contribution in [2.45, 2.75) is 10.9 Å². The predicted molar refractivity (Wildman–Crippen MR) is 100 cm³/mol. The Morgan fingerprint density at radius 3 is 2.76 bits per heavy atom. The molecular formula is C19H13ClN4S. The summed E-state index contributed by atoms with van der Waals surface area (Å²) >= 11 is 7.57. The number of benzene rings is 1. The molecule has 0 aliphatic heterocycles. The molecule has 25 heavy (non-hydrogen) atoms. The Morgan fingerprint density at radius 1 is 1.12 bits per heavy atom. The van der Waals surface area contributed by atoms with E-state index in [-0.39, 0.29) is 0 Å². The summed E-state index contributed by atoms with van der Waals surface area (Å²) in [7, 11) is 0. The first-order valence-corrected chi connectivity index (χ1v) is 9.03. The molecule has 3 heterocycles. The number of hydrogen-bond donors (Lipinski definition) is 0. The maximum absolute atomic E-state index is 9.52. The zero-order valence-electron chi connectivity index (χ0n) is 13.1. The highest BCUT2D eigenvalue weighted by atomic mass is 35.5. The summed E-state index contributed by atoms with van der Waals surface area (Å²) in [5, 5.41) is 11.1. The second kappa shape index (κ2) is 6.67. The third kappa shape index (κ3) is 3.02. The average molecular weight is 365 g/mol. The zero-order valence-corrected chi connectivity index (χ0v) is 14.7. The summed E-state index contributed by atoms with van der Waals surface area (Å²) in [6, 6.07) is 15.8. The molecule has 0 saturated heterocycles. The highest BCUT2D eigenvalue weighted by molar-refractivity contribution is 7.98. The van der Waals surface area contributed by atoms with Gasteiger partial charge in [0.25, 0.3) is 0 Å². The van der Waals surface area contributed by atoms with Crippen molar-refractivity contribution in [3.8, 4) is 11.8 Å². The van der Waals surface area contributed by atoms with Gasteiger partial charge in [-0.2, -0.15) is 5.26 Å². The summed E-state index contributed by atoms with van der Waals surface area (Å²) in [6.45, 7) is 0. The lowest BCUT2D eigenvalue weighted by atomic mass is 10.2. The fraction of sp³-hybridized carbons (Fsp3) is 0.0526. The van der Waals surface area contributed by atoms with E-state index < -0.39 is 0 Å². The first kappa shape index (κ1) is 15.8. The standard InChI is InChI=1S/C19H13ClN4S/c20-15-4-6-16(7-5-15)24-10-8-22-19(24)25-13-14-12-23-9-2-1-3-18(23)17(14)11-21/h1-10,12H,13H2. The monoisotopic (exact) mass is 364 g/mol. The Bertz CT molecular complexity index is 1070. The van der Waals surface area contributed by atoms with Gasteiger partial charge in [0.15, 0.2) is 5.16 Å². The van der Waals surface area contributed by atoms with Crippen molar-refractivity contribution in [1.82, 2.24) is 14.0 Å². The van der Waals surface area contributed by atoms with Gasteiger partial charge in [0.2, 0.25) is 0 Å². The van der Waals surface area contributed by atoms with Crippen molar-refractivity contribution in [2.75, 3.05) is 0 Å². The molecule has 0 radical (unpaired) electrons. The number of imidazole rings is 1. The van der Waals surface area contributed by atoms with E-state index in [0.717, 1.165) is 27.5 Å². The van der Waals surface area contributed by atoms with E-state index in [0.29, 0.717) is 10.8 Å². The SMILES string of the molecule is N#Cc1c(CSc2nccn2-c2ccc(Cl)cc2)cn2ccccc12. The number of nitriles is 1. The zero-order chi connectivity index (χ0) is 17.2. The smallest absolute Gasteiger partial charge is 0.172 e. The molecule has 0 bridgehead atoms. The second-order valence-corrected chi connectivity index (χ2v) is 6.86. The van der Waals surface area contributed by atoms with Crippen LogP contribution < -0.4 is 0 Å². The van der Waals surface area contributed by atoms with Crippen LogP contribution in [0.15, 0.2) is 72.4 Å². The van der Waals surface area contributed by atoms with Gasteiger partial charge >= 0.3 is 0 Å². The van der Waals surface area contributed by atoms with Crippen LogP contribution in [0.2, 0.25) is 5.02 Å². The van der Waals surface area contributed by atoms with Gasteiger partial charge in [-0.1, -0.05) is 29.4 Å². The number of thioether (sulfide) groups is 1. The lowest BCUT2D eigenvalue weighted by Gasteiger charge is -2.07. The normalized spacial score (nSPS) is 10.9. The molecule has 0 N–H and O–H groups in total. The molecule has 6 heteroatoms. The quantitative estimate of drug-likeness (QED) is 0.482. The summed E-state index contributed by atoms with van der Waals surface area (Å²) in [4.78, 5) is 4.44. The van der Waals surface area contributed by atoms with E-state index in [1.165, 1.54) is 0 Å². The minimum Gasteiger partial charge on any atom is -0.322 e. The van der Waals surface area contributed by atoms with E-state index in [9.17, 15) is 5.26 Å². The van der Waals surface area contributed by atoms with Crippen molar-refractivity contribution in [3.05, 3.63) is 83.4 Å². The third-order valence-electron chi connectivity index (χ3n) is 3.94. The molecule has 0 aliphatic rings. The predicted octanol–water partition coefficient (Wildman–Crippen LogP) is 4.94. The molecule has 4 nitrogen and oxygen atoms in total. The Kier molecular flexibility index (Phi) is 4.22. The van der Waals surface area contributed by atoms with Crippen LogP contribution >= 0.6 is 23.4 Å². The average Bonchev–Trinajstić information content (AvgIpc) is 3.24. The molecule has 4 aromatic rings. The van der Waals surface area contributed by atoms with E-state index in [1.54, 1.807) is 18.0 Å². The lowest BCUT2D eigenvalue weighted by molar-refractivity contribution is 0.895. The maximum atomic E-state index is 9.52. The fourth-order valence-corrected chi connectivity index (χ4v) is 3.82. The molecule has 122 valence electrons. The minimum absolute atomic E-state index is 0.676. The molecule has 0 spiro atoms. The van der Waals surface area contributed by atoms with Gasteiger partial charge in [-0.15, -0.1) is 0 Å². The van der Waals surface area contributed by atoms with Crippen LogP contribution in [0.1, 0.15) is 11.1 Å². The van der Waals surface area contributed by atoms with Crippen molar-refractivity contribution in [1.29, 1.82) is 5.26 Å².